The fourth-order valence-electron chi connectivity index (χ4n) is 3.52. The average Bonchev–Trinajstić information content (AvgIpc) is 3.26. The summed E-state index contributed by atoms with van der Waals surface area (Å²) in [5.74, 6) is 0.795. The van der Waals surface area contributed by atoms with Crippen molar-refractivity contribution in [1.82, 2.24) is 15.1 Å². The number of aliphatic imine (C=N–C) groups is 1. The number of para-hydroxylation sites is 1. The molecule has 1 aromatic rings. The number of guanidine groups is 1. The van der Waals surface area contributed by atoms with Crippen LogP contribution in [0.2, 0.25) is 0 Å². The quantitative estimate of drug-likeness (QED) is 0.353. The van der Waals surface area contributed by atoms with E-state index in [1.54, 1.807) is 18.2 Å². The lowest BCUT2D eigenvalue weighted by atomic mass is 10.2. The lowest BCUT2D eigenvalue weighted by Crippen LogP contribution is -2.55. The van der Waals surface area contributed by atoms with Crippen LogP contribution in [0.5, 0.6) is 0 Å². The normalized spacial score (nSPS) is 20.3. The number of piperazine rings is 1. The molecule has 0 aromatic heterocycles. The number of carbonyl (C=O) groups excluding carboxylic acids is 1. The number of amides is 1. The molecular formula is C19H27N5O4. The van der Waals surface area contributed by atoms with Gasteiger partial charge in [-0.25, -0.2) is 4.99 Å². The van der Waals surface area contributed by atoms with E-state index in [9.17, 15) is 14.9 Å². The van der Waals surface area contributed by atoms with E-state index in [1.807, 2.05) is 11.8 Å². The number of nitrogens with zero attached hydrogens (tertiary/aromatic N) is 4. The predicted octanol–water partition coefficient (Wildman–Crippen LogP) is 1.38. The second-order valence-corrected chi connectivity index (χ2v) is 6.87. The van der Waals surface area contributed by atoms with Crippen LogP contribution >= 0.6 is 0 Å². The molecule has 1 amide bonds. The van der Waals surface area contributed by atoms with E-state index >= 15 is 0 Å². The molecule has 9 heteroatoms. The molecule has 0 radical (unpaired) electrons. The number of hydrogen-bond donors (Lipinski definition) is 1. The minimum absolute atomic E-state index is 0.0779. The summed E-state index contributed by atoms with van der Waals surface area (Å²) in [6.45, 7) is 6.15. The number of benzene rings is 1. The largest absolute Gasteiger partial charge is 0.368 e. The van der Waals surface area contributed by atoms with E-state index in [1.165, 1.54) is 6.07 Å². The van der Waals surface area contributed by atoms with Gasteiger partial charge in [0.15, 0.2) is 5.96 Å². The van der Waals surface area contributed by atoms with Crippen molar-refractivity contribution in [3.05, 3.63) is 39.9 Å². The molecule has 9 nitrogen and oxygen atoms in total. The van der Waals surface area contributed by atoms with Crippen LogP contribution in [0.4, 0.5) is 5.69 Å². The molecule has 0 spiro atoms. The van der Waals surface area contributed by atoms with Crippen molar-refractivity contribution in [2.75, 3.05) is 39.3 Å². The fourth-order valence-corrected chi connectivity index (χ4v) is 3.52. The maximum atomic E-state index is 12.5. The maximum absolute atomic E-state index is 12.5. The van der Waals surface area contributed by atoms with Gasteiger partial charge in [-0.2, -0.15) is 0 Å². The van der Waals surface area contributed by atoms with E-state index < -0.39 is 0 Å². The van der Waals surface area contributed by atoms with Gasteiger partial charge in [-0.15, -0.1) is 0 Å². The van der Waals surface area contributed by atoms with Crippen LogP contribution in [0.1, 0.15) is 25.3 Å². The molecule has 0 aliphatic carbocycles. The first-order valence-electron chi connectivity index (χ1n) is 9.76. The van der Waals surface area contributed by atoms with Gasteiger partial charge in [-0.3, -0.25) is 14.9 Å². The Morgan fingerprint density at radius 2 is 2.00 bits per heavy atom. The van der Waals surface area contributed by atoms with Gasteiger partial charge < -0.3 is 19.9 Å². The molecule has 28 heavy (non-hydrogen) atoms. The molecule has 2 aliphatic heterocycles. The summed E-state index contributed by atoms with van der Waals surface area (Å²) in [6.07, 6.45) is 1.46. The van der Waals surface area contributed by atoms with Gasteiger partial charge in [-0.05, 0) is 19.8 Å². The van der Waals surface area contributed by atoms with Crippen LogP contribution in [0, 0.1) is 10.1 Å². The fraction of sp³-hybridized carbons (Fsp3) is 0.579. The Morgan fingerprint density at radius 1 is 1.29 bits per heavy atom. The van der Waals surface area contributed by atoms with E-state index in [4.69, 9.17) is 4.74 Å². The van der Waals surface area contributed by atoms with Crippen molar-refractivity contribution in [2.24, 2.45) is 4.99 Å². The third-order valence-corrected chi connectivity index (χ3v) is 5.02. The topological polar surface area (TPSA) is 100 Å². The van der Waals surface area contributed by atoms with Gasteiger partial charge in [0.1, 0.15) is 6.10 Å². The molecule has 1 atom stereocenters. The predicted molar refractivity (Wildman–Crippen MR) is 105 cm³/mol. The zero-order valence-corrected chi connectivity index (χ0v) is 16.2. The number of hydrogen-bond acceptors (Lipinski definition) is 5. The van der Waals surface area contributed by atoms with Crippen LogP contribution in [-0.4, -0.2) is 72.0 Å². The van der Waals surface area contributed by atoms with E-state index in [0.29, 0.717) is 50.9 Å². The number of ether oxygens (including phenoxy) is 1. The molecule has 1 aromatic carbocycles. The zero-order chi connectivity index (χ0) is 19.9. The van der Waals surface area contributed by atoms with Gasteiger partial charge in [0.25, 0.3) is 11.6 Å². The highest BCUT2D eigenvalue weighted by Gasteiger charge is 2.30. The Bertz CT molecular complexity index is 725. The second-order valence-electron chi connectivity index (χ2n) is 6.87. The Hall–Kier alpha value is -2.68. The number of nitro benzene ring substituents is 1. The monoisotopic (exact) mass is 389 g/mol. The average molecular weight is 389 g/mol. The van der Waals surface area contributed by atoms with Gasteiger partial charge >= 0.3 is 0 Å². The number of nitrogens with one attached hydrogen (secondary N) is 1. The Labute approximate surface area is 164 Å². The van der Waals surface area contributed by atoms with Gasteiger partial charge in [0.05, 0.1) is 17.0 Å². The van der Waals surface area contributed by atoms with Crippen molar-refractivity contribution in [2.45, 2.75) is 32.4 Å². The first-order chi connectivity index (χ1) is 13.6. The zero-order valence-electron chi connectivity index (χ0n) is 16.2. The summed E-state index contributed by atoms with van der Waals surface area (Å²) >= 11 is 0. The van der Waals surface area contributed by atoms with Crippen LogP contribution in [0.3, 0.4) is 0 Å². The standard InChI is InChI=1S/C19H27N5O4/c1-2-20-19(21-14-15-6-3-4-7-16(15)24(26)27)23-11-9-22(10-12-23)18(25)17-8-5-13-28-17/h3-4,6-7,17H,2,5,8-14H2,1H3,(H,20,21). The summed E-state index contributed by atoms with van der Waals surface area (Å²) in [7, 11) is 0. The molecule has 2 fully saturated rings. The summed E-state index contributed by atoms with van der Waals surface area (Å²) in [6, 6.07) is 6.65. The van der Waals surface area contributed by atoms with Crippen LogP contribution < -0.4 is 5.32 Å². The highest BCUT2D eigenvalue weighted by molar-refractivity contribution is 5.83. The van der Waals surface area contributed by atoms with Crippen molar-refractivity contribution in [3.63, 3.8) is 0 Å². The van der Waals surface area contributed by atoms with Crippen LogP contribution in [0.15, 0.2) is 29.3 Å². The summed E-state index contributed by atoms with van der Waals surface area (Å²) < 4.78 is 5.50. The Morgan fingerprint density at radius 3 is 2.64 bits per heavy atom. The number of carbonyl (C=O) groups is 1. The molecule has 152 valence electrons. The van der Waals surface area contributed by atoms with Gasteiger partial charge in [0, 0.05) is 45.4 Å². The lowest BCUT2D eigenvalue weighted by Gasteiger charge is -2.37. The molecule has 2 saturated heterocycles. The smallest absolute Gasteiger partial charge is 0.274 e. The molecule has 2 heterocycles. The van der Waals surface area contributed by atoms with Gasteiger partial charge in [0.2, 0.25) is 0 Å². The third-order valence-electron chi connectivity index (χ3n) is 5.02. The minimum atomic E-state index is -0.382. The molecule has 2 aliphatic rings. The van der Waals surface area contributed by atoms with Crippen molar-refractivity contribution in [1.29, 1.82) is 0 Å². The molecule has 0 saturated carbocycles. The molecule has 1 unspecified atom stereocenters. The summed E-state index contributed by atoms with van der Waals surface area (Å²) in [4.78, 5) is 31.8. The number of nitro groups is 1. The van der Waals surface area contributed by atoms with Gasteiger partial charge in [-0.1, -0.05) is 18.2 Å². The first-order valence-corrected chi connectivity index (χ1v) is 9.76. The molecular weight excluding hydrogens is 362 g/mol. The number of rotatable bonds is 5. The Kier molecular flexibility index (Phi) is 6.80. The van der Waals surface area contributed by atoms with Crippen molar-refractivity contribution >= 4 is 17.6 Å². The summed E-state index contributed by atoms with van der Waals surface area (Å²) in [5, 5.41) is 14.4. The lowest BCUT2D eigenvalue weighted by molar-refractivity contribution is -0.385. The minimum Gasteiger partial charge on any atom is -0.368 e. The SMILES string of the molecule is CCNC(=NCc1ccccc1[N+](=O)[O-])N1CCN(C(=O)C2CCCO2)CC1. The first kappa shape index (κ1) is 20.1. The maximum Gasteiger partial charge on any atom is 0.274 e. The van der Waals surface area contributed by atoms with Crippen LogP contribution in [0.25, 0.3) is 0 Å². The Balaban J connectivity index is 1.62. The third kappa shape index (κ3) is 4.78. The molecule has 3 rings (SSSR count). The van der Waals surface area contributed by atoms with Crippen LogP contribution in [-0.2, 0) is 16.1 Å². The van der Waals surface area contributed by atoms with E-state index in [0.717, 1.165) is 12.8 Å². The molecule has 0 bridgehead atoms. The summed E-state index contributed by atoms with van der Waals surface area (Å²) in [5.41, 5.74) is 0.657. The highest BCUT2D eigenvalue weighted by atomic mass is 16.6. The van der Waals surface area contributed by atoms with Crippen molar-refractivity contribution in [3.8, 4) is 0 Å². The van der Waals surface area contributed by atoms with Crippen molar-refractivity contribution < 1.29 is 14.5 Å². The highest BCUT2D eigenvalue weighted by Crippen LogP contribution is 2.19. The van der Waals surface area contributed by atoms with E-state index in [-0.39, 0.29) is 29.2 Å². The van der Waals surface area contributed by atoms with E-state index in [2.05, 4.69) is 15.2 Å². The second kappa shape index (κ2) is 9.50. The molecule has 1 N–H and O–H groups in total.